The summed E-state index contributed by atoms with van der Waals surface area (Å²) in [5.41, 5.74) is 11.7. The van der Waals surface area contributed by atoms with Gasteiger partial charge in [-0.25, -0.2) is 0 Å². The van der Waals surface area contributed by atoms with Gasteiger partial charge in [0.2, 0.25) is 0 Å². The van der Waals surface area contributed by atoms with Crippen LogP contribution in [0.5, 0.6) is 0 Å². The maximum Gasteiger partial charge on any atom is -0.0100 e. The van der Waals surface area contributed by atoms with Crippen LogP contribution in [-0.2, 0) is 0 Å². The van der Waals surface area contributed by atoms with Crippen LogP contribution in [0.15, 0.2) is 91.0 Å². The van der Waals surface area contributed by atoms with Crippen LogP contribution >= 0.6 is 17.0 Å². The summed E-state index contributed by atoms with van der Waals surface area (Å²) >= 11 is 0. The first-order chi connectivity index (χ1) is 13.1. The van der Waals surface area contributed by atoms with Gasteiger partial charge in [-0.3, -0.25) is 0 Å². The molecule has 28 heavy (non-hydrogen) atoms. The predicted octanol–water partition coefficient (Wildman–Crippen LogP) is 8.19. The maximum atomic E-state index is 2.30. The minimum atomic E-state index is 0. The summed E-state index contributed by atoms with van der Waals surface area (Å²) in [6.45, 7) is 6.60. The van der Waals surface area contributed by atoms with Crippen molar-refractivity contribution in [3.8, 4) is 33.4 Å². The van der Waals surface area contributed by atoms with Crippen LogP contribution in [0, 0.1) is 20.8 Å². The van der Waals surface area contributed by atoms with Crippen LogP contribution in [-0.4, -0.2) is 0 Å². The van der Waals surface area contributed by atoms with Gasteiger partial charge in [-0.1, -0.05) is 90.5 Å². The minimum Gasteiger partial charge on any atom is -0.114 e. The van der Waals surface area contributed by atoms with Crippen molar-refractivity contribution in [2.75, 3.05) is 0 Å². The van der Waals surface area contributed by atoms with Gasteiger partial charge in [-0.2, -0.15) is 0 Å². The molecule has 0 saturated heterocycles. The molecule has 1 heteroatoms. The van der Waals surface area contributed by atoms with Crippen molar-refractivity contribution in [3.63, 3.8) is 0 Å². The fraction of sp³-hybridized carbons (Fsp3) is 0.111. The van der Waals surface area contributed by atoms with Crippen LogP contribution in [0.25, 0.3) is 33.4 Å². The Bertz CT molecular complexity index is 1070. The molecule has 4 rings (SSSR count). The number of aryl methyl sites for hydroxylation is 3. The molecule has 0 fully saturated rings. The molecule has 0 bridgehead atoms. The molecule has 0 aliphatic carbocycles. The third-order valence-electron chi connectivity index (χ3n) is 5.15. The molecule has 140 valence electrons. The van der Waals surface area contributed by atoms with Crippen molar-refractivity contribution < 1.29 is 0 Å². The van der Waals surface area contributed by atoms with Crippen molar-refractivity contribution in [3.05, 3.63) is 108 Å². The molecule has 0 atom stereocenters. The molecule has 0 heterocycles. The van der Waals surface area contributed by atoms with E-state index in [9.17, 15) is 0 Å². The molecule has 0 spiro atoms. The Morgan fingerprint density at radius 3 is 1.68 bits per heavy atom. The molecule has 0 aliphatic heterocycles. The number of halogens is 1. The van der Waals surface area contributed by atoms with Crippen molar-refractivity contribution in [2.45, 2.75) is 20.8 Å². The Hall–Kier alpha value is -2.64. The first-order valence-corrected chi connectivity index (χ1v) is 9.46. The summed E-state index contributed by atoms with van der Waals surface area (Å²) in [5, 5.41) is 0. The standard InChI is InChI=1S/C27H24.BrH/c1-19-16-20(2)27(21(3)17-19)26-15-8-7-14-25(26)24-13-9-12-23(18-24)22-10-5-4-6-11-22;/h4-18H,1-3H3;1H. The quantitative estimate of drug-likeness (QED) is 0.308. The van der Waals surface area contributed by atoms with Gasteiger partial charge in [0.25, 0.3) is 0 Å². The van der Waals surface area contributed by atoms with Gasteiger partial charge in [-0.15, -0.1) is 17.0 Å². The molecule has 0 amide bonds. The highest BCUT2D eigenvalue weighted by atomic mass is 79.9. The molecule has 4 aromatic rings. The first-order valence-electron chi connectivity index (χ1n) is 9.46. The van der Waals surface area contributed by atoms with Gasteiger partial charge in [-0.05, 0) is 71.3 Å². The minimum absolute atomic E-state index is 0. The number of hydrogen-bond acceptors (Lipinski definition) is 0. The number of benzene rings is 4. The average Bonchev–Trinajstić information content (AvgIpc) is 2.68. The molecule has 0 N–H and O–H groups in total. The van der Waals surface area contributed by atoms with E-state index in [-0.39, 0.29) is 17.0 Å². The van der Waals surface area contributed by atoms with E-state index >= 15 is 0 Å². The van der Waals surface area contributed by atoms with Crippen molar-refractivity contribution >= 4 is 17.0 Å². The molecule has 0 aromatic heterocycles. The average molecular weight is 429 g/mol. The molecule has 0 nitrogen and oxygen atoms in total. The van der Waals surface area contributed by atoms with Crippen LogP contribution in [0.2, 0.25) is 0 Å². The predicted molar refractivity (Wildman–Crippen MR) is 127 cm³/mol. The highest BCUT2D eigenvalue weighted by Gasteiger charge is 2.12. The zero-order valence-electron chi connectivity index (χ0n) is 16.6. The van der Waals surface area contributed by atoms with Crippen LogP contribution in [0.3, 0.4) is 0 Å². The normalized spacial score (nSPS) is 10.4. The van der Waals surface area contributed by atoms with E-state index in [1.807, 2.05) is 0 Å². The number of hydrogen-bond donors (Lipinski definition) is 0. The SMILES string of the molecule is Br.Cc1cc(C)c(-c2ccccc2-c2cccc(-c3ccccc3)c2)c(C)c1. The molecular weight excluding hydrogens is 404 g/mol. The zero-order valence-corrected chi connectivity index (χ0v) is 18.3. The van der Waals surface area contributed by atoms with E-state index in [1.54, 1.807) is 0 Å². The van der Waals surface area contributed by atoms with Crippen molar-refractivity contribution in [1.82, 2.24) is 0 Å². The topological polar surface area (TPSA) is 0 Å². The second-order valence-corrected chi connectivity index (χ2v) is 7.27. The highest BCUT2D eigenvalue weighted by Crippen LogP contribution is 2.37. The van der Waals surface area contributed by atoms with Gasteiger partial charge in [0.1, 0.15) is 0 Å². The summed E-state index contributed by atoms with van der Waals surface area (Å²) in [5.74, 6) is 0. The van der Waals surface area contributed by atoms with Crippen LogP contribution < -0.4 is 0 Å². The summed E-state index contributed by atoms with van der Waals surface area (Å²) in [4.78, 5) is 0. The molecule has 0 unspecified atom stereocenters. The van der Waals surface area contributed by atoms with Gasteiger partial charge >= 0.3 is 0 Å². The Labute approximate surface area is 178 Å². The molecule has 0 aliphatic rings. The molecule has 0 saturated carbocycles. The fourth-order valence-electron chi connectivity index (χ4n) is 4.05. The second-order valence-electron chi connectivity index (χ2n) is 7.27. The Balaban J connectivity index is 0.00000225. The summed E-state index contributed by atoms with van der Waals surface area (Å²) < 4.78 is 0. The summed E-state index contributed by atoms with van der Waals surface area (Å²) in [6.07, 6.45) is 0. The van der Waals surface area contributed by atoms with Gasteiger partial charge in [0, 0.05) is 0 Å². The lowest BCUT2D eigenvalue weighted by Crippen LogP contribution is -1.93. The van der Waals surface area contributed by atoms with Gasteiger partial charge in [0.05, 0.1) is 0 Å². The van der Waals surface area contributed by atoms with Gasteiger partial charge < -0.3 is 0 Å². The van der Waals surface area contributed by atoms with E-state index in [0.717, 1.165) is 0 Å². The van der Waals surface area contributed by atoms with E-state index in [4.69, 9.17) is 0 Å². The van der Waals surface area contributed by atoms with E-state index < -0.39 is 0 Å². The largest absolute Gasteiger partial charge is 0.114 e. The first kappa shape index (κ1) is 20.1. The smallest absolute Gasteiger partial charge is 0.0100 e. The monoisotopic (exact) mass is 428 g/mol. The summed E-state index contributed by atoms with van der Waals surface area (Å²) in [7, 11) is 0. The Morgan fingerprint density at radius 2 is 1.00 bits per heavy atom. The van der Waals surface area contributed by atoms with E-state index in [2.05, 4.69) is 112 Å². The zero-order chi connectivity index (χ0) is 18.8. The van der Waals surface area contributed by atoms with E-state index in [1.165, 1.54) is 50.1 Å². The van der Waals surface area contributed by atoms with Crippen LogP contribution in [0.1, 0.15) is 16.7 Å². The van der Waals surface area contributed by atoms with Gasteiger partial charge in [0.15, 0.2) is 0 Å². The molecule has 4 aromatic carbocycles. The lowest BCUT2D eigenvalue weighted by atomic mass is 9.88. The van der Waals surface area contributed by atoms with Crippen molar-refractivity contribution in [1.29, 1.82) is 0 Å². The van der Waals surface area contributed by atoms with Crippen LogP contribution in [0.4, 0.5) is 0 Å². The third-order valence-corrected chi connectivity index (χ3v) is 5.15. The Kier molecular flexibility index (Phi) is 6.16. The third kappa shape index (κ3) is 3.95. The van der Waals surface area contributed by atoms with E-state index in [0.29, 0.717) is 0 Å². The Morgan fingerprint density at radius 1 is 0.464 bits per heavy atom. The van der Waals surface area contributed by atoms with Crippen molar-refractivity contribution in [2.24, 2.45) is 0 Å². The maximum absolute atomic E-state index is 2.30. The second kappa shape index (κ2) is 8.58. The number of rotatable bonds is 3. The molecular formula is C27H25Br. The molecule has 0 radical (unpaired) electrons. The lowest BCUT2D eigenvalue weighted by molar-refractivity contribution is 1.32. The fourth-order valence-corrected chi connectivity index (χ4v) is 4.05. The summed E-state index contributed by atoms with van der Waals surface area (Å²) in [6, 6.07) is 32.7. The highest BCUT2D eigenvalue weighted by molar-refractivity contribution is 8.93. The lowest BCUT2D eigenvalue weighted by Gasteiger charge is -2.16.